The third kappa shape index (κ3) is 4.20. The van der Waals surface area contributed by atoms with E-state index in [-0.39, 0.29) is 18.4 Å². The van der Waals surface area contributed by atoms with Gasteiger partial charge in [-0.2, -0.15) is 4.37 Å². The van der Waals surface area contributed by atoms with Crippen LogP contribution in [-0.2, 0) is 4.79 Å². The largest absolute Gasteiger partial charge is 0.378 e. The summed E-state index contributed by atoms with van der Waals surface area (Å²) in [5.74, 6) is -0.693. The molecule has 0 bridgehead atoms. The number of hydrogen-bond acceptors (Lipinski definition) is 5. The van der Waals surface area contributed by atoms with Gasteiger partial charge in [0.2, 0.25) is 5.91 Å². The number of benzene rings is 1. The van der Waals surface area contributed by atoms with E-state index in [2.05, 4.69) is 20.3 Å². The number of carbonyl (C=O) groups is 2. The van der Waals surface area contributed by atoms with Gasteiger partial charge in [0, 0.05) is 7.05 Å². The molecule has 0 aliphatic carbocycles. The molecule has 0 spiro atoms. The molecule has 122 valence electrons. The van der Waals surface area contributed by atoms with Gasteiger partial charge < -0.3 is 16.0 Å². The van der Waals surface area contributed by atoms with Gasteiger partial charge in [-0.3, -0.25) is 9.59 Å². The normalized spacial score (nSPS) is 10.3. The Morgan fingerprint density at radius 2 is 2.04 bits per heavy atom. The molecule has 0 fully saturated rings. The predicted molar refractivity (Wildman–Crippen MR) is 93.5 cm³/mol. The molecule has 0 unspecified atom stereocenters. The number of amides is 2. The molecule has 2 aromatic rings. The molecule has 0 aliphatic rings. The smallest absolute Gasteiger partial charge is 0.256 e. The van der Waals surface area contributed by atoms with Crippen LogP contribution in [0.5, 0.6) is 0 Å². The Bertz CT molecular complexity index is 745. The highest BCUT2D eigenvalue weighted by Crippen LogP contribution is 2.24. The van der Waals surface area contributed by atoms with Crippen molar-refractivity contribution in [3.05, 3.63) is 40.0 Å². The fourth-order valence-electron chi connectivity index (χ4n) is 1.97. The maximum atomic E-state index is 12.2. The van der Waals surface area contributed by atoms with Crippen LogP contribution in [0, 0.1) is 13.8 Å². The quantitative estimate of drug-likeness (QED) is 0.772. The summed E-state index contributed by atoms with van der Waals surface area (Å²) in [6.45, 7) is 3.51. The highest BCUT2D eigenvalue weighted by molar-refractivity contribution is 7.10. The van der Waals surface area contributed by atoms with E-state index in [0.717, 1.165) is 5.56 Å². The van der Waals surface area contributed by atoms with Crippen LogP contribution >= 0.6 is 23.1 Å². The second-order valence-electron chi connectivity index (χ2n) is 4.94. The zero-order valence-corrected chi connectivity index (χ0v) is 14.6. The molecule has 0 atom stereocenters. The van der Waals surface area contributed by atoms with Gasteiger partial charge in [-0.05, 0) is 43.1 Å². The number of nitrogens with one attached hydrogen (secondary N) is 3. The number of nitrogens with zero attached hydrogens (tertiary/aromatic N) is 1. The Hall–Kier alpha value is -2.12. The fraction of sp³-hybridized carbons (Fsp3) is 0.267. The summed E-state index contributed by atoms with van der Waals surface area (Å²) in [5, 5.41) is 9.29. The van der Waals surface area contributed by atoms with Crippen molar-refractivity contribution in [3.8, 4) is 0 Å². The van der Waals surface area contributed by atoms with Crippen LogP contribution < -0.4 is 16.0 Å². The van der Waals surface area contributed by atoms with Crippen LogP contribution in [0.25, 0.3) is 0 Å². The van der Waals surface area contributed by atoms with Gasteiger partial charge >= 0.3 is 0 Å². The van der Waals surface area contributed by atoms with Gasteiger partial charge in [-0.1, -0.05) is 17.7 Å². The molecule has 6 nitrogen and oxygen atoms in total. The first-order valence-corrected chi connectivity index (χ1v) is 8.05. The molecular weight excluding hydrogens is 336 g/mol. The van der Waals surface area contributed by atoms with Crippen molar-refractivity contribution >= 4 is 45.6 Å². The third-order valence-corrected chi connectivity index (χ3v) is 4.39. The highest BCUT2D eigenvalue weighted by atomic mass is 35.5. The Morgan fingerprint density at radius 3 is 2.70 bits per heavy atom. The fourth-order valence-corrected chi connectivity index (χ4v) is 3.00. The van der Waals surface area contributed by atoms with Crippen molar-refractivity contribution in [2.75, 3.05) is 24.2 Å². The van der Waals surface area contributed by atoms with E-state index >= 15 is 0 Å². The molecule has 1 heterocycles. The Kier molecular flexibility index (Phi) is 5.57. The number of carbonyl (C=O) groups excluding carboxylic acids is 2. The molecule has 0 radical (unpaired) electrons. The monoisotopic (exact) mass is 352 g/mol. The Balaban J connectivity index is 1.96. The number of halogens is 1. The maximum Gasteiger partial charge on any atom is 0.256 e. The molecule has 2 rings (SSSR count). The van der Waals surface area contributed by atoms with E-state index in [0.29, 0.717) is 27.0 Å². The standard InChI is InChI=1S/C15H17ClN4O2S/c1-8-4-5-11(10(16)6-8)19-12(21)7-18-14(22)13-9(2)20-23-15(13)17-3/h4-6,17H,7H2,1-3H3,(H,18,22)(H,19,21). The first kappa shape index (κ1) is 17.2. The van der Waals surface area contributed by atoms with Crippen LogP contribution in [-0.4, -0.2) is 29.8 Å². The summed E-state index contributed by atoms with van der Waals surface area (Å²) < 4.78 is 4.12. The van der Waals surface area contributed by atoms with Crippen LogP contribution in [0.2, 0.25) is 5.02 Å². The average molecular weight is 353 g/mol. The Labute approximate surface area is 143 Å². The van der Waals surface area contributed by atoms with Gasteiger partial charge in [-0.25, -0.2) is 0 Å². The van der Waals surface area contributed by atoms with Crippen molar-refractivity contribution in [2.45, 2.75) is 13.8 Å². The van der Waals surface area contributed by atoms with Gasteiger partial charge in [-0.15, -0.1) is 0 Å². The van der Waals surface area contributed by atoms with E-state index < -0.39 is 0 Å². The molecule has 8 heteroatoms. The van der Waals surface area contributed by atoms with Gasteiger partial charge in [0.15, 0.2) is 0 Å². The lowest BCUT2D eigenvalue weighted by Crippen LogP contribution is -2.33. The number of hydrogen-bond donors (Lipinski definition) is 3. The molecule has 3 N–H and O–H groups in total. The van der Waals surface area contributed by atoms with Crippen molar-refractivity contribution in [1.82, 2.24) is 9.69 Å². The molecule has 1 aromatic heterocycles. The molecule has 2 amide bonds. The van der Waals surface area contributed by atoms with E-state index in [9.17, 15) is 9.59 Å². The topological polar surface area (TPSA) is 83.1 Å². The zero-order valence-electron chi connectivity index (χ0n) is 13.0. The lowest BCUT2D eigenvalue weighted by molar-refractivity contribution is -0.115. The molecule has 0 aliphatic heterocycles. The van der Waals surface area contributed by atoms with E-state index in [1.54, 1.807) is 26.1 Å². The average Bonchev–Trinajstić information content (AvgIpc) is 2.88. The molecule has 1 aromatic carbocycles. The van der Waals surface area contributed by atoms with Crippen molar-refractivity contribution < 1.29 is 9.59 Å². The number of aromatic nitrogens is 1. The molecule has 0 saturated carbocycles. The summed E-state index contributed by atoms with van der Waals surface area (Å²) in [7, 11) is 1.72. The van der Waals surface area contributed by atoms with Crippen LogP contribution in [0.4, 0.5) is 10.7 Å². The van der Waals surface area contributed by atoms with E-state index in [4.69, 9.17) is 11.6 Å². The first-order chi connectivity index (χ1) is 10.9. The summed E-state index contributed by atoms with van der Waals surface area (Å²) in [4.78, 5) is 24.1. The number of aryl methyl sites for hydroxylation is 2. The summed E-state index contributed by atoms with van der Waals surface area (Å²) in [5.41, 5.74) is 2.60. The predicted octanol–water partition coefficient (Wildman–Crippen LogP) is 2.82. The number of anilines is 2. The Morgan fingerprint density at radius 1 is 1.30 bits per heavy atom. The van der Waals surface area contributed by atoms with Gasteiger partial charge in [0.1, 0.15) is 5.00 Å². The molecule has 0 saturated heterocycles. The minimum absolute atomic E-state index is 0.151. The second-order valence-corrected chi connectivity index (χ2v) is 6.12. The summed E-state index contributed by atoms with van der Waals surface area (Å²) in [6.07, 6.45) is 0. The summed E-state index contributed by atoms with van der Waals surface area (Å²) in [6, 6.07) is 5.33. The van der Waals surface area contributed by atoms with Gasteiger partial charge in [0.25, 0.3) is 5.91 Å². The molecular formula is C15H17ClN4O2S. The van der Waals surface area contributed by atoms with Crippen molar-refractivity contribution in [2.24, 2.45) is 0 Å². The lowest BCUT2D eigenvalue weighted by Gasteiger charge is -2.09. The molecule has 23 heavy (non-hydrogen) atoms. The zero-order chi connectivity index (χ0) is 17.0. The minimum atomic E-state index is -0.351. The van der Waals surface area contributed by atoms with Gasteiger partial charge in [0.05, 0.1) is 28.5 Å². The lowest BCUT2D eigenvalue weighted by atomic mass is 10.2. The van der Waals surface area contributed by atoms with E-state index in [1.165, 1.54) is 11.5 Å². The van der Waals surface area contributed by atoms with E-state index in [1.807, 2.05) is 13.0 Å². The van der Waals surface area contributed by atoms with Crippen LogP contribution in [0.3, 0.4) is 0 Å². The second kappa shape index (κ2) is 7.43. The number of rotatable bonds is 5. The van der Waals surface area contributed by atoms with Crippen molar-refractivity contribution in [1.29, 1.82) is 0 Å². The highest BCUT2D eigenvalue weighted by Gasteiger charge is 2.18. The van der Waals surface area contributed by atoms with Crippen molar-refractivity contribution in [3.63, 3.8) is 0 Å². The first-order valence-electron chi connectivity index (χ1n) is 6.90. The maximum absolute atomic E-state index is 12.2. The third-order valence-electron chi connectivity index (χ3n) is 3.13. The van der Waals surface area contributed by atoms with Crippen LogP contribution in [0.15, 0.2) is 18.2 Å². The minimum Gasteiger partial charge on any atom is -0.378 e. The van der Waals surface area contributed by atoms with Crippen LogP contribution in [0.1, 0.15) is 21.6 Å². The SMILES string of the molecule is CNc1snc(C)c1C(=O)NCC(=O)Nc1ccc(C)cc1Cl. The summed E-state index contributed by atoms with van der Waals surface area (Å²) >= 11 is 7.27.